The number of thiophene rings is 2. The Labute approximate surface area is 175 Å². The van der Waals surface area contributed by atoms with E-state index in [0.29, 0.717) is 0 Å². The third-order valence-corrected chi connectivity index (χ3v) is 7.18. The van der Waals surface area contributed by atoms with Gasteiger partial charge >= 0.3 is 0 Å². The van der Waals surface area contributed by atoms with E-state index in [1.54, 1.807) is 22.7 Å². The van der Waals surface area contributed by atoms with Crippen LogP contribution in [0.1, 0.15) is 23.1 Å². The first-order valence-corrected chi connectivity index (χ1v) is 11.9. The van der Waals surface area contributed by atoms with Gasteiger partial charge in [0, 0.05) is 39.3 Å². The van der Waals surface area contributed by atoms with Crippen molar-refractivity contribution in [3.8, 4) is 0 Å². The predicted molar refractivity (Wildman–Crippen MR) is 119 cm³/mol. The minimum absolute atomic E-state index is 0.741. The van der Waals surface area contributed by atoms with Crippen molar-refractivity contribution in [3.05, 3.63) is 80.7 Å². The maximum atomic E-state index is 11.5. The lowest BCUT2D eigenvalue weighted by atomic mass is 9.86. The molecule has 1 saturated heterocycles. The van der Waals surface area contributed by atoms with E-state index < -0.39 is 5.60 Å². The third-order valence-electron chi connectivity index (χ3n) is 5.81. The third kappa shape index (κ3) is 4.73. The van der Waals surface area contributed by atoms with Crippen molar-refractivity contribution in [2.45, 2.75) is 18.4 Å². The molecule has 1 aliphatic heterocycles. The Kier molecular flexibility index (Phi) is 6.60. The van der Waals surface area contributed by atoms with E-state index in [9.17, 15) is 5.11 Å². The van der Waals surface area contributed by atoms with Crippen LogP contribution in [0.5, 0.6) is 0 Å². The van der Waals surface area contributed by atoms with Gasteiger partial charge in [-0.15, -0.1) is 0 Å². The SMILES string of the molecule is OC(CCN1CCN(CCc2ccccc2)CC1)(c1ccsc1)c1ccsc1. The highest BCUT2D eigenvalue weighted by atomic mass is 32.1. The minimum atomic E-state index is -0.871. The number of nitrogens with zero attached hydrogens (tertiary/aromatic N) is 2. The normalized spacial score (nSPS) is 16.5. The molecule has 1 N–H and O–H groups in total. The average molecular weight is 413 g/mol. The summed E-state index contributed by atoms with van der Waals surface area (Å²) in [7, 11) is 0. The van der Waals surface area contributed by atoms with Crippen molar-refractivity contribution in [3.63, 3.8) is 0 Å². The van der Waals surface area contributed by atoms with Crippen LogP contribution in [0.3, 0.4) is 0 Å². The summed E-state index contributed by atoms with van der Waals surface area (Å²) in [5.41, 5.74) is 2.60. The molecule has 3 nitrogen and oxygen atoms in total. The van der Waals surface area contributed by atoms with Gasteiger partial charge in [-0.2, -0.15) is 22.7 Å². The van der Waals surface area contributed by atoms with Gasteiger partial charge in [0.15, 0.2) is 0 Å². The molecule has 0 saturated carbocycles. The molecule has 1 aromatic carbocycles. The number of hydrogen-bond donors (Lipinski definition) is 1. The molecule has 1 fully saturated rings. The van der Waals surface area contributed by atoms with Crippen LogP contribution >= 0.6 is 22.7 Å². The summed E-state index contributed by atoms with van der Waals surface area (Å²) in [5.74, 6) is 0. The van der Waals surface area contributed by atoms with Crippen molar-refractivity contribution in [1.82, 2.24) is 9.80 Å². The van der Waals surface area contributed by atoms with Gasteiger partial charge in [-0.1, -0.05) is 30.3 Å². The zero-order valence-electron chi connectivity index (χ0n) is 16.2. The summed E-state index contributed by atoms with van der Waals surface area (Å²) in [5, 5.41) is 19.8. The van der Waals surface area contributed by atoms with Crippen molar-refractivity contribution in [2.24, 2.45) is 0 Å². The minimum Gasteiger partial charge on any atom is -0.380 e. The van der Waals surface area contributed by atoms with E-state index >= 15 is 0 Å². The standard InChI is InChI=1S/C23H28N2OS2/c26-23(21-7-16-27-18-21,22-8-17-28-19-22)9-11-25-14-12-24(13-15-25)10-6-20-4-2-1-3-5-20/h1-5,7-8,16-19,26H,6,9-15H2. The zero-order chi connectivity index (χ0) is 19.2. The van der Waals surface area contributed by atoms with E-state index in [1.807, 2.05) is 0 Å². The summed E-state index contributed by atoms with van der Waals surface area (Å²) in [6.45, 7) is 6.45. The molecule has 0 atom stereocenters. The van der Waals surface area contributed by atoms with Crippen LogP contribution in [0.25, 0.3) is 0 Å². The van der Waals surface area contributed by atoms with Crippen molar-refractivity contribution >= 4 is 22.7 Å². The Morgan fingerprint density at radius 3 is 1.89 bits per heavy atom. The van der Waals surface area contributed by atoms with E-state index in [2.05, 4.69) is 73.8 Å². The van der Waals surface area contributed by atoms with Crippen molar-refractivity contribution in [1.29, 1.82) is 0 Å². The quantitative estimate of drug-likeness (QED) is 0.598. The first-order valence-electron chi connectivity index (χ1n) is 10.0. The summed E-state index contributed by atoms with van der Waals surface area (Å²) >= 11 is 3.30. The summed E-state index contributed by atoms with van der Waals surface area (Å²) in [6, 6.07) is 14.9. The van der Waals surface area contributed by atoms with Gasteiger partial charge in [0.25, 0.3) is 0 Å². The molecule has 2 aromatic heterocycles. The van der Waals surface area contributed by atoms with E-state index in [0.717, 1.165) is 63.2 Å². The molecule has 0 aliphatic carbocycles. The summed E-state index contributed by atoms with van der Waals surface area (Å²) in [4.78, 5) is 5.07. The van der Waals surface area contributed by atoms with Crippen LogP contribution in [-0.4, -0.2) is 54.2 Å². The fraction of sp³-hybridized carbons (Fsp3) is 0.391. The molecule has 3 heterocycles. The van der Waals surface area contributed by atoms with Crippen LogP contribution in [0, 0.1) is 0 Å². The second kappa shape index (κ2) is 9.33. The molecule has 1 aliphatic rings. The van der Waals surface area contributed by atoms with Gasteiger partial charge in [-0.3, -0.25) is 0 Å². The number of benzene rings is 1. The Morgan fingerprint density at radius 1 is 0.786 bits per heavy atom. The molecular weight excluding hydrogens is 384 g/mol. The molecule has 5 heteroatoms. The second-order valence-corrected chi connectivity index (χ2v) is 9.11. The highest BCUT2D eigenvalue weighted by Gasteiger charge is 2.33. The second-order valence-electron chi connectivity index (χ2n) is 7.55. The van der Waals surface area contributed by atoms with E-state index in [4.69, 9.17) is 0 Å². The Bertz CT molecular complexity index is 775. The number of rotatable bonds is 8. The largest absolute Gasteiger partial charge is 0.380 e. The molecule has 28 heavy (non-hydrogen) atoms. The lowest BCUT2D eigenvalue weighted by Gasteiger charge is -2.37. The first kappa shape index (κ1) is 19.8. The Hall–Kier alpha value is -1.50. The maximum Gasteiger partial charge on any atom is 0.117 e. The number of piperazine rings is 1. The van der Waals surface area contributed by atoms with Crippen LogP contribution in [-0.2, 0) is 12.0 Å². The number of aliphatic hydroxyl groups is 1. The molecule has 148 valence electrons. The van der Waals surface area contributed by atoms with Crippen LogP contribution in [0.15, 0.2) is 64.0 Å². The first-order chi connectivity index (χ1) is 13.7. The molecule has 4 rings (SSSR count). The van der Waals surface area contributed by atoms with Crippen LogP contribution < -0.4 is 0 Å². The molecule has 0 bridgehead atoms. The van der Waals surface area contributed by atoms with Gasteiger partial charge < -0.3 is 14.9 Å². The van der Waals surface area contributed by atoms with E-state index in [1.165, 1.54) is 5.56 Å². The fourth-order valence-corrected chi connectivity index (χ4v) is 5.39. The van der Waals surface area contributed by atoms with Gasteiger partial charge in [0.05, 0.1) is 0 Å². The zero-order valence-corrected chi connectivity index (χ0v) is 17.8. The number of hydrogen-bond acceptors (Lipinski definition) is 5. The Balaban J connectivity index is 1.28. The Morgan fingerprint density at radius 2 is 1.36 bits per heavy atom. The van der Waals surface area contributed by atoms with Gasteiger partial charge in [-0.25, -0.2) is 0 Å². The van der Waals surface area contributed by atoms with Crippen molar-refractivity contribution in [2.75, 3.05) is 39.3 Å². The maximum absolute atomic E-state index is 11.5. The molecule has 0 spiro atoms. The van der Waals surface area contributed by atoms with Crippen molar-refractivity contribution < 1.29 is 5.11 Å². The van der Waals surface area contributed by atoms with E-state index in [-0.39, 0.29) is 0 Å². The highest BCUT2D eigenvalue weighted by molar-refractivity contribution is 7.08. The lowest BCUT2D eigenvalue weighted by molar-refractivity contribution is 0.0478. The smallest absolute Gasteiger partial charge is 0.117 e. The topological polar surface area (TPSA) is 26.7 Å². The molecule has 0 amide bonds. The summed E-state index contributed by atoms with van der Waals surface area (Å²) in [6.07, 6.45) is 1.86. The summed E-state index contributed by atoms with van der Waals surface area (Å²) < 4.78 is 0. The van der Waals surface area contributed by atoms with Gasteiger partial charge in [-0.05, 0) is 63.2 Å². The lowest BCUT2D eigenvalue weighted by Crippen LogP contribution is -2.48. The fourth-order valence-electron chi connectivity index (χ4n) is 3.94. The van der Waals surface area contributed by atoms with Crippen LogP contribution in [0.2, 0.25) is 0 Å². The molecular formula is C23H28N2OS2. The molecule has 0 radical (unpaired) electrons. The predicted octanol–water partition coefficient (Wildman–Crippen LogP) is 4.30. The van der Waals surface area contributed by atoms with Crippen LogP contribution in [0.4, 0.5) is 0 Å². The van der Waals surface area contributed by atoms with Gasteiger partial charge in [0.1, 0.15) is 5.60 Å². The average Bonchev–Trinajstić information content (AvgIpc) is 3.47. The highest BCUT2D eigenvalue weighted by Crippen LogP contribution is 2.35. The molecule has 0 unspecified atom stereocenters. The molecule has 3 aromatic rings. The van der Waals surface area contributed by atoms with Gasteiger partial charge in [0.2, 0.25) is 0 Å². The monoisotopic (exact) mass is 412 g/mol.